The van der Waals surface area contributed by atoms with Crippen molar-refractivity contribution in [1.82, 2.24) is 10.6 Å². The highest BCUT2D eigenvalue weighted by atomic mass is 79.9. The number of hydrogen-bond donors (Lipinski definition) is 4. The number of benzene rings is 2. The molecule has 4 fully saturated rings. The highest BCUT2D eigenvalue weighted by molar-refractivity contribution is 9.10. The molecule has 4 N–H and O–H groups in total. The molecule has 0 saturated heterocycles. The van der Waals surface area contributed by atoms with Crippen LogP contribution in [0.2, 0.25) is 0 Å². The van der Waals surface area contributed by atoms with Crippen LogP contribution >= 0.6 is 23.5 Å². The Balaban J connectivity index is 0.909. The largest absolute Gasteiger partial charge is 0.393 e. The first-order chi connectivity index (χ1) is 30.6. The maximum atomic E-state index is 14.7. The summed E-state index contributed by atoms with van der Waals surface area (Å²) < 4.78 is 26.2. The van der Waals surface area contributed by atoms with Gasteiger partial charge in [0, 0.05) is 34.6 Å². The van der Waals surface area contributed by atoms with E-state index in [9.17, 15) is 24.1 Å². The number of hydrogen-bond acceptors (Lipinski definition) is 8. The van der Waals surface area contributed by atoms with E-state index in [4.69, 9.17) is 9.05 Å². The molecule has 0 bridgehead atoms. The molecule has 5 aliphatic carbocycles. The Morgan fingerprint density at radius 2 is 1.52 bits per heavy atom. The van der Waals surface area contributed by atoms with Crippen molar-refractivity contribution in [2.24, 2.45) is 50.2 Å². The molecular formula is C53H77BrN3O7P. The fraction of sp³-hybridized carbons (Fsp3) is 0.679. The first-order valence-corrected chi connectivity index (χ1v) is 27.0. The number of rotatable bonds is 16. The molecule has 4 saturated carbocycles. The standard InChI is InChI=1S/C53H77BrN3O7P/c1-10-63-65(62,64-11-2)46(36-15-14-16-37(54)32-36)57-38-19-17-35(18-20-38)31-44(60)55-29-12-13-30-56-47(61)50(6)26-25-49(5)27-28-52(8)39(40(49)34-50)33-41(58)45-51(7)23-22-43(59)48(3,4)42(51)21-24-53(45,52)9/h14-20,32-33,40,42-43,45-46,57,59H,10-13,21-31,34H2,1-9H3,(H,55,60)(H,56,61)/t40-,42-,43-,45+,46?,49+,50-,51-,52+,53+/m0/s1. The van der Waals surface area contributed by atoms with E-state index < -0.39 is 18.8 Å². The van der Waals surface area contributed by atoms with Crippen molar-refractivity contribution in [3.8, 4) is 0 Å². The van der Waals surface area contributed by atoms with Crippen molar-refractivity contribution >= 4 is 46.8 Å². The number of aliphatic hydroxyl groups is 1. The van der Waals surface area contributed by atoms with Crippen LogP contribution in [0.4, 0.5) is 5.69 Å². The van der Waals surface area contributed by atoms with Crippen LogP contribution in [0.3, 0.4) is 0 Å². The summed E-state index contributed by atoms with van der Waals surface area (Å²) in [5.74, 6) is -0.00179. The van der Waals surface area contributed by atoms with Gasteiger partial charge in [0.05, 0.1) is 25.7 Å². The van der Waals surface area contributed by atoms with Gasteiger partial charge in [-0.05, 0) is 165 Å². The molecule has 0 aromatic heterocycles. The van der Waals surface area contributed by atoms with Gasteiger partial charge < -0.3 is 30.1 Å². The average Bonchev–Trinajstić information content (AvgIpc) is 3.24. The summed E-state index contributed by atoms with van der Waals surface area (Å²) in [5.41, 5.74) is 2.53. The Morgan fingerprint density at radius 3 is 2.18 bits per heavy atom. The predicted molar refractivity (Wildman–Crippen MR) is 262 cm³/mol. The van der Waals surface area contributed by atoms with E-state index in [0.29, 0.717) is 19.0 Å². The topological polar surface area (TPSA) is 143 Å². The lowest BCUT2D eigenvalue weighted by Gasteiger charge is -2.70. The molecule has 358 valence electrons. The van der Waals surface area contributed by atoms with Crippen LogP contribution < -0.4 is 16.0 Å². The molecule has 0 spiro atoms. The summed E-state index contributed by atoms with van der Waals surface area (Å²) in [6.07, 6.45) is 11.9. The molecule has 2 aromatic carbocycles. The second-order valence-electron chi connectivity index (χ2n) is 22.3. The molecule has 0 heterocycles. The second-order valence-corrected chi connectivity index (χ2v) is 25.3. The monoisotopic (exact) mass is 977 g/mol. The van der Waals surface area contributed by atoms with E-state index in [1.165, 1.54) is 5.57 Å². The molecule has 2 aromatic rings. The third kappa shape index (κ3) is 9.25. The molecular weight excluding hydrogens is 901 g/mol. The van der Waals surface area contributed by atoms with Gasteiger partial charge in [-0.3, -0.25) is 18.9 Å². The van der Waals surface area contributed by atoms with Gasteiger partial charge in [0.1, 0.15) is 0 Å². The third-order valence-corrected chi connectivity index (χ3v) is 20.8. The molecule has 5 aliphatic rings. The molecule has 10 atom stereocenters. The lowest BCUT2D eigenvalue weighted by molar-refractivity contribution is -0.202. The minimum Gasteiger partial charge on any atom is -0.393 e. The number of carbonyl (C=O) groups excluding carboxylic acids is 3. The summed E-state index contributed by atoms with van der Waals surface area (Å²) in [6.45, 7) is 21.4. The van der Waals surface area contributed by atoms with Gasteiger partial charge in [-0.2, -0.15) is 0 Å². The van der Waals surface area contributed by atoms with Gasteiger partial charge in [-0.25, -0.2) is 0 Å². The smallest absolute Gasteiger partial charge is 0.357 e. The SMILES string of the molecule is CCOP(=O)(OCC)C(Nc1ccc(CC(=O)NCCCCNC(=O)[C@@]2(C)CC[C@]3(C)CC[C@]4(C)C(=CC(=O)[C@@H]5[C@@]6(C)CC[C@H](O)C(C)(C)[C@@H]6CC[C@]54C)[C@@H]3C2)cc1)c1cccc(Br)c1. The van der Waals surface area contributed by atoms with Crippen LogP contribution in [0.15, 0.2) is 64.7 Å². The van der Waals surface area contributed by atoms with Crippen LogP contribution in [0.1, 0.15) is 150 Å². The van der Waals surface area contributed by atoms with Gasteiger partial charge in [0.25, 0.3) is 0 Å². The number of carbonyl (C=O) groups is 3. The Kier molecular flexibility index (Phi) is 14.6. The van der Waals surface area contributed by atoms with Crippen LogP contribution in [-0.2, 0) is 34.4 Å². The van der Waals surface area contributed by atoms with Gasteiger partial charge in [-0.1, -0.05) is 94.2 Å². The Labute approximate surface area is 397 Å². The van der Waals surface area contributed by atoms with Crippen LogP contribution in [0.25, 0.3) is 0 Å². The minimum absolute atomic E-state index is 0.0607. The van der Waals surface area contributed by atoms with E-state index in [2.05, 4.69) is 86.4 Å². The van der Waals surface area contributed by atoms with E-state index in [-0.39, 0.29) is 82.2 Å². The van der Waals surface area contributed by atoms with Crippen molar-refractivity contribution < 1.29 is 33.1 Å². The molecule has 12 heteroatoms. The molecule has 1 unspecified atom stereocenters. The fourth-order valence-corrected chi connectivity index (χ4v) is 16.3. The Bertz CT molecular complexity index is 2170. The molecule has 65 heavy (non-hydrogen) atoms. The van der Waals surface area contributed by atoms with Gasteiger partial charge in [0.2, 0.25) is 11.8 Å². The molecule has 0 radical (unpaired) electrons. The van der Waals surface area contributed by atoms with E-state index >= 15 is 0 Å². The molecule has 0 aliphatic heterocycles. The number of nitrogens with one attached hydrogen (secondary N) is 3. The van der Waals surface area contributed by atoms with Crippen molar-refractivity contribution in [3.05, 3.63) is 75.8 Å². The maximum absolute atomic E-state index is 14.7. The second kappa shape index (κ2) is 18.9. The lowest BCUT2D eigenvalue weighted by Crippen LogP contribution is -2.66. The number of halogens is 1. The highest BCUT2D eigenvalue weighted by Gasteiger charge is 2.70. The average molecular weight is 979 g/mol. The van der Waals surface area contributed by atoms with Crippen LogP contribution in [-0.4, -0.2) is 55.1 Å². The number of anilines is 1. The number of fused-ring (bicyclic) bond motifs is 7. The zero-order valence-corrected chi connectivity index (χ0v) is 43.1. The van der Waals surface area contributed by atoms with Gasteiger partial charge in [-0.15, -0.1) is 0 Å². The van der Waals surface area contributed by atoms with E-state index in [0.717, 1.165) is 91.9 Å². The highest BCUT2D eigenvalue weighted by Crippen LogP contribution is 2.75. The zero-order chi connectivity index (χ0) is 47.2. The molecule has 7 rings (SSSR count). The first-order valence-electron chi connectivity index (χ1n) is 24.6. The summed E-state index contributed by atoms with van der Waals surface area (Å²) >= 11 is 3.52. The summed E-state index contributed by atoms with van der Waals surface area (Å²) in [5, 5.41) is 20.8. The normalized spacial score (nSPS) is 34.4. The maximum Gasteiger partial charge on any atom is 0.357 e. The zero-order valence-electron chi connectivity index (χ0n) is 40.6. The Hall–Kier alpha value is -2.82. The number of aliphatic hydroxyl groups excluding tert-OH is 1. The fourth-order valence-electron chi connectivity index (χ4n) is 14.0. The number of amides is 2. The summed E-state index contributed by atoms with van der Waals surface area (Å²) in [6, 6.07) is 15.1. The summed E-state index contributed by atoms with van der Waals surface area (Å²) in [4.78, 5) is 41.7. The first kappa shape index (κ1) is 50.1. The van der Waals surface area contributed by atoms with Gasteiger partial charge >= 0.3 is 7.60 Å². The number of unbranched alkanes of at least 4 members (excludes halogenated alkanes) is 1. The van der Waals surface area contributed by atoms with Crippen molar-refractivity contribution in [1.29, 1.82) is 0 Å². The predicted octanol–water partition coefficient (Wildman–Crippen LogP) is 11.7. The quantitative estimate of drug-likeness (QED) is 0.0962. The molecule has 2 amide bonds. The number of ketones is 1. The van der Waals surface area contributed by atoms with Crippen molar-refractivity contribution in [2.75, 3.05) is 31.6 Å². The van der Waals surface area contributed by atoms with E-state index in [1.54, 1.807) is 13.8 Å². The molecule has 10 nitrogen and oxygen atoms in total. The minimum atomic E-state index is -3.58. The third-order valence-electron chi connectivity index (χ3n) is 18.0. The van der Waals surface area contributed by atoms with Crippen molar-refractivity contribution in [3.63, 3.8) is 0 Å². The Morgan fingerprint density at radius 1 is 0.862 bits per heavy atom. The number of allylic oxidation sites excluding steroid dienone is 2. The van der Waals surface area contributed by atoms with Crippen LogP contribution in [0.5, 0.6) is 0 Å². The van der Waals surface area contributed by atoms with Crippen molar-refractivity contribution in [2.45, 2.75) is 151 Å². The van der Waals surface area contributed by atoms with Crippen LogP contribution in [0, 0.1) is 50.2 Å². The van der Waals surface area contributed by atoms with Gasteiger partial charge in [0.15, 0.2) is 11.6 Å². The van der Waals surface area contributed by atoms with E-state index in [1.807, 2.05) is 48.5 Å². The lowest BCUT2D eigenvalue weighted by atomic mass is 9.33. The summed E-state index contributed by atoms with van der Waals surface area (Å²) in [7, 11) is -3.58.